The third-order valence-corrected chi connectivity index (χ3v) is 3.99. The number of rotatable bonds is 6. The van der Waals surface area contributed by atoms with E-state index in [0.29, 0.717) is 23.2 Å². The van der Waals surface area contributed by atoms with Crippen LogP contribution in [0.1, 0.15) is 24.6 Å². The zero-order valence-electron chi connectivity index (χ0n) is 13.6. The van der Waals surface area contributed by atoms with Gasteiger partial charge >= 0.3 is 5.97 Å². The average molecular weight is 343 g/mol. The molecular formula is C17H17N3O5. The van der Waals surface area contributed by atoms with Crippen molar-refractivity contribution in [2.45, 2.75) is 26.4 Å². The number of carboxylic acids is 1. The summed E-state index contributed by atoms with van der Waals surface area (Å²) in [6, 6.07) is 6.62. The quantitative estimate of drug-likeness (QED) is 0.611. The topological polar surface area (TPSA) is 115 Å². The van der Waals surface area contributed by atoms with Crippen molar-refractivity contribution in [3.05, 3.63) is 48.1 Å². The maximum absolute atomic E-state index is 12.4. The Kier molecular flexibility index (Phi) is 4.51. The van der Waals surface area contributed by atoms with Crippen molar-refractivity contribution >= 4 is 17.6 Å². The maximum atomic E-state index is 12.4. The molecule has 0 spiro atoms. The number of benzene rings is 1. The summed E-state index contributed by atoms with van der Waals surface area (Å²) in [4.78, 5) is 27.9. The van der Waals surface area contributed by atoms with Crippen LogP contribution in [0.5, 0.6) is 5.75 Å². The van der Waals surface area contributed by atoms with Gasteiger partial charge in [-0.25, -0.2) is 0 Å². The van der Waals surface area contributed by atoms with Crippen LogP contribution in [0, 0.1) is 12.3 Å². The third kappa shape index (κ3) is 3.52. The van der Waals surface area contributed by atoms with Gasteiger partial charge in [-0.2, -0.15) is 4.98 Å². The van der Waals surface area contributed by atoms with E-state index in [-0.39, 0.29) is 19.4 Å². The molecule has 0 atom stereocenters. The van der Waals surface area contributed by atoms with Crippen LogP contribution in [0.25, 0.3) is 0 Å². The molecule has 1 amide bonds. The second-order valence-corrected chi connectivity index (χ2v) is 5.77. The van der Waals surface area contributed by atoms with Crippen LogP contribution in [0.2, 0.25) is 0 Å². The molecule has 1 aromatic carbocycles. The molecule has 1 aliphatic carbocycles. The summed E-state index contributed by atoms with van der Waals surface area (Å²) >= 11 is 0. The molecule has 1 aliphatic rings. The first-order valence-electron chi connectivity index (χ1n) is 7.71. The standard InChI is InChI=1S/C17H17N3O5/c1-11-18-14(25-20-11)10-24-13-6-4-12(5-7-13)19-15(21)17(16(22)23)8-2-3-9-17/h2-7H,8-10H2,1H3,(H,19,21)(H,22,23). The lowest BCUT2D eigenvalue weighted by atomic mass is 9.84. The maximum Gasteiger partial charge on any atom is 0.319 e. The Labute approximate surface area is 143 Å². The highest BCUT2D eigenvalue weighted by molar-refractivity contribution is 6.09. The predicted octanol–water partition coefficient (Wildman–Crippen LogP) is 2.32. The van der Waals surface area contributed by atoms with Gasteiger partial charge in [-0.3, -0.25) is 9.59 Å². The number of carboxylic acid groups (broad SMARTS) is 1. The fraction of sp³-hybridized carbons (Fsp3) is 0.294. The van der Waals surface area contributed by atoms with E-state index in [4.69, 9.17) is 9.26 Å². The van der Waals surface area contributed by atoms with Crippen molar-refractivity contribution in [3.8, 4) is 5.75 Å². The lowest BCUT2D eigenvalue weighted by Crippen LogP contribution is -2.41. The van der Waals surface area contributed by atoms with Crippen molar-refractivity contribution in [1.29, 1.82) is 0 Å². The van der Waals surface area contributed by atoms with Crippen molar-refractivity contribution in [2.75, 3.05) is 5.32 Å². The van der Waals surface area contributed by atoms with Crippen molar-refractivity contribution in [1.82, 2.24) is 10.1 Å². The van der Waals surface area contributed by atoms with Crippen molar-refractivity contribution in [3.63, 3.8) is 0 Å². The van der Waals surface area contributed by atoms with Crippen LogP contribution in [0.15, 0.2) is 40.9 Å². The van der Waals surface area contributed by atoms with Gasteiger partial charge in [-0.05, 0) is 44.0 Å². The first-order chi connectivity index (χ1) is 12.0. The highest BCUT2D eigenvalue weighted by Gasteiger charge is 2.46. The minimum Gasteiger partial charge on any atom is -0.484 e. The molecule has 0 aliphatic heterocycles. The van der Waals surface area contributed by atoms with Gasteiger partial charge in [-0.15, -0.1) is 0 Å². The van der Waals surface area contributed by atoms with E-state index in [2.05, 4.69) is 15.5 Å². The third-order valence-electron chi connectivity index (χ3n) is 3.99. The van der Waals surface area contributed by atoms with E-state index in [1.54, 1.807) is 43.3 Å². The van der Waals surface area contributed by atoms with E-state index < -0.39 is 17.3 Å². The summed E-state index contributed by atoms with van der Waals surface area (Å²) in [5.74, 6) is -0.188. The highest BCUT2D eigenvalue weighted by Crippen LogP contribution is 2.35. The number of carbonyl (C=O) groups excluding carboxylic acids is 1. The second kappa shape index (κ2) is 6.76. The highest BCUT2D eigenvalue weighted by atomic mass is 16.5. The number of allylic oxidation sites excluding steroid dienone is 2. The first-order valence-corrected chi connectivity index (χ1v) is 7.71. The van der Waals surface area contributed by atoms with E-state index in [1.807, 2.05) is 0 Å². The normalized spacial score (nSPS) is 15.1. The van der Waals surface area contributed by atoms with Gasteiger partial charge in [0.25, 0.3) is 5.89 Å². The summed E-state index contributed by atoms with van der Waals surface area (Å²) in [7, 11) is 0. The molecule has 25 heavy (non-hydrogen) atoms. The molecule has 2 N–H and O–H groups in total. The Morgan fingerprint density at radius 3 is 2.52 bits per heavy atom. The number of carbonyl (C=O) groups is 2. The summed E-state index contributed by atoms with van der Waals surface area (Å²) in [5, 5.41) is 15.7. The Morgan fingerprint density at radius 1 is 1.28 bits per heavy atom. The SMILES string of the molecule is Cc1noc(COc2ccc(NC(=O)C3(C(=O)O)CC=CC3)cc2)n1. The van der Waals surface area contributed by atoms with Crippen LogP contribution < -0.4 is 10.1 Å². The molecule has 3 rings (SSSR count). The van der Waals surface area contributed by atoms with Crippen molar-refractivity contribution < 1.29 is 24.0 Å². The van der Waals surface area contributed by atoms with Gasteiger partial charge in [0.1, 0.15) is 5.75 Å². The lowest BCUT2D eigenvalue weighted by molar-refractivity contribution is -0.153. The predicted molar refractivity (Wildman–Crippen MR) is 86.9 cm³/mol. The number of anilines is 1. The number of nitrogens with zero attached hydrogens (tertiary/aromatic N) is 2. The van der Waals surface area contributed by atoms with Crippen LogP contribution in [0.4, 0.5) is 5.69 Å². The van der Waals surface area contributed by atoms with Crippen molar-refractivity contribution in [2.24, 2.45) is 5.41 Å². The molecule has 0 fully saturated rings. The number of ether oxygens (including phenoxy) is 1. The number of hydrogen-bond acceptors (Lipinski definition) is 6. The summed E-state index contributed by atoms with van der Waals surface area (Å²) in [6.07, 6.45) is 3.81. The molecule has 1 heterocycles. The second-order valence-electron chi connectivity index (χ2n) is 5.77. The molecule has 8 heteroatoms. The van der Waals surface area contributed by atoms with Gasteiger partial charge in [0.2, 0.25) is 5.91 Å². The molecule has 8 nitrogen and oxygen atoms in total. The van der Waals surface area contributed by atoms with Gasteiger partial charge in [0.05, 0.1) is 0 Å². The number of hydrogen-bond donors (Lipinski definition) is 2. The molecule has 2 aromatic rings. The number of nitrogens with one attached hydrogen (secondary N) is 1. The van der Waals surface area contributed by atoms with Gasteiger partial charge < -0.3 is 19.7 Å². The van der Waals surface area contributed by atoms with Crippen LogP contribution in [0.3, 0.4) is 0 Å². The first kappa shape index (κ1) is 16.7. The summed E-state index contributed by atoms with van der Waals surface area (Å²) < 4.78 is 10.5. The average Bonchev–Trinajstić information content (AvgIpc) is 3.24. The van der Waals surface area contributed by atoms with Gasteiger partial charge in [0, 0.05) is 5.69 Å². The molecule has 0 radical (unpaired) electrons. The largest absolute Gasteiger partial charge is 0.484 e. The summed E-state index contributed by atoms with van der Waals surface area (Å²) in [5.41, 5.74) is -0.927. The lowest BCUT2D eigenvalue weighted by Gasteiger charge is -2.22. The molecule has 0 bridgehead atoms. The fourth-order valence-electron chi connectivity index (χ4n) is 2.54. The number of amides is 1. The number of aryl methyl sites for hydroxylation is 1. The van der Waals surface area contributed by atoms with E-state index in [1.165, 1.54) is 0 Å². The molecular weight excluding hydrogens is 326 g/mol. The minimum absolute atomic E-state index is 0.139. The van der Waals surface area contributed by atoms with E-state index in [9.17, 15) is 14.7 Å². The van der Waals surface area contributed by atoms with Gasteiger partial charge in [0.15, 0.2) is 17.8 Å². The monoisotopic (exact) mass is 343 g/mol. The minimum atomic E-state index is -1.43. The number of aliphatic carboxylic acids is 1. The Hall–Kier alpha value is -3.16. The molecule has 0 unspecified atom stereocenters. The molecule has 1 aromatic heterocycles. The zero-order valence-corrected chi connectivity index (χ0v) is 13.6. The molecule has 0 saturated heterocycles. The molecule has 130 valence electrons. The van der Waals surface area contributed by atoms with Crippen LogP contribution in [-0.4, -0.2) is 27.1 Å². The fourth-order valence-corrected chi connectivity index (χ4v) is 2.54. The van der Waals surface area contributed by atoms with Crippen LogP contribution >= 0.6 is 0 Å². The Bertz CT molecular complexity index is 802. The summed E-state index contributed by atoms with van der Waals surface area (Å²) in [6.45, 7) is 1.86. The Morgan fingerprint density at radius 2 is 1.96 bits per heavy atom. The van der Waals surface area contributed by atoms with Gasteiger partial charge in [-0.1, -0.05) is 17.3 Å². The number of aromatic nitrogens is 2. The van der Waals surface area contributed by atoms with E-state index >= 15 is 0 Å². The van der Waals surface area contributed by atoms with Crippen LogP contribution in [-0.2, 0) is 16.2 Å². The molecule has 0 saturated carbocycles. The Balaban J connectivity index is 1.60. The van der Waals surface area contributed by atoms with E-state index in [0.717, 1.165) is 0 Å². The zero-order chi connectivity index (χ0) is 17.9. The smallest absolute Gasteiger partial charge is 0.319 e.